The van der Waals surface area contributed by atoms with Crippen LogP contribution in [0.15, 0.2) is 24.3 Å². The summed E-state index contributed by atoms with van der Waals surface area (Å²) in [6, 6.07) is 6.57. The summed E-state index contributed by atoms with van der Waals surface area (Å²) in [5.41, 5.74) is 1.10. The van der Waals surface area contributed by atoms with Crippen LogP contribution >= 0.6 is 0 Å². The van der Waals surface area contributed by atoms with E-state index in [0.29, 0.717) is 24.3 Å². The molecule has 1 amide bonds. The first-order valence-electron chi connectivity index (χ1n) is 9.16. The molecule has 4 nitrogen and oxygen atoms in total. The largest absolute Gasteiger partial charge is 0.415 e. The highest BCUT2D eigenvalue weighted by molar-refractivity contribution is 5.93. The maximum atomic E-state index is 14.1. The molecule has 1 aliphatic rings. The number of amides is 1. The Hall–Kier alpha value is -2.58. The van der Waals surface area contributed by atoms with Crippen molar-refractivity contribution in [3.05, 3.63) is 41.2 Å². The third-order valence-corrected chi connectivity index (χ3v) is 5.01. The molecule has 0 radical (unpaired) electrons. The predicted molar refractivity (Wildman–Crippen MR) is 104 cm³/mol. The van der Waals surface area contributed by atoms with E-state index in [-0.39, 0.29) is 23.6 Å². The van der Waals surface area contributed by atoms with Crippen molar-refractivity contribution in [1.29, 1.82) is 0 Å². The number of rotatable bonds is 4. The molecule has 2 aromatic carbocycles. The van der Waals surface area contributed by atoms with E-state index in [2.05, 4.69) is 5.92 Å². The zero-order valence-corrected chi connectivity index (χ0v) is 15.9. The van der Waals surface area contributed by atoms with Crippen molar-refractivity contribution in [2.75, 3.05) is 20.3 Å². The Bertz CT molecular complexity index is 901. The molecule has 3 rings (SSSR count). The third-order valence-electron chi connectivity index (χ3n) is 5.01. The van der Waals surface area contributed by atoms with Crippen molar-refractivity contribution in [3.63, 3.8) is 0 Å². The van der Waals surface area contributed by atoms with Crippen LogP contribution in [-0.2, 0) is 4.74 Å². The molecule has 1 saturated heterocycles. The normalized spacial score (nSPS) is 16.7. The van der Waals surface area contributed by atoms with Crippen LogP contribution in [0.1, 0.15) is 43.7 Å². The molecule has 0 aromatic heterocycles. The van der Waals surface area contributed by atoms with Crippen molar-refractivity contribution in [2.24, 2.45) is 0 Å². The van der Waals surface area contributed by atoms with Gasteiger partial charge in [0.1, 0.15) is 11.6 Å². The van der Waals surface area contributed by atoms with Gasteiger partial charge in [-0.15, -0.1) is 6.42 Å². The fourth-order valence-corrected chi connectivity index (χ4v) is 3.70. The first-order valence-corrected chi connectivity index (χ1v) is 9.16. The van der Waals surface area contributed by atoms with E-state index in [9.17, 15) is 9.18 Å². The van der Waals surface area contributed by atoms with Gasteiger partial charge in [0.25, 0.3) is 0 Å². The van der Waals surface area contributed by atoms with Crippen LogP contribution in [-0.4, -0.2) is 37.3 Å². The molecule has 142 valence electrons. The van der Waals surface area contributed by atoms with E-state index in [1.807, 2.05) is 13.8 Å². The minimum Gasteiger partial charge on any atom is -0.410 e. The van der Waals surface area contributed by atoms with Crippen LogP contribution in [0.3, 0.4) is 0 Å². The number of methoxy groups -OCH3 is 1. The number of carbonyl (C=O) groups is 1. The molecule has 5 heteroatoms. The summed E-state index contributed by atoms with van der Waals surface area (Å²) >= 11 is 0. The lowest BCUT2D eigenvalue weighted by molar-refractivity contribution is 0.103. The number of nitrogens with zero attached hydrogens (tertiary/aromatic N) is 1. The highest BCUT2D eigenvalue weighted by Gasteiger charge is 2.30. The summed E-state index contributed by atoms with van der Waals surface area (Å²) in [7, 11) is 1.63. The number of likely N-dealkylation sites (tertiary alicyclic amines) is 1. The number of terminal acetylenes is 1. The van der Waals surface area contributed by atoms with E-state index in [1.54, 1.807) is 30.2 Å². The number of carbonyl (C=O) groups excluding carboxylic acids is 1. The molecule has 0 aliphatic carbocycles. The van der Waals surface area contributed by atoms with Crippen LogP contribution in [0.25, 0.3) is 10.8 Å². The van der Waals surface area contributed by atoms with Crippen molar-refractivity contribution < 1.29 is 18.7 Å². The molecule has 0 spiro atoms. The minimum atomic E-state index is -0.420. The van der Waals surface area contributed by atoms with Crippen LogP contribution in [0.4, 0.5) is 9.18 Å². The molecule has 0 unspecified atom stereocenters. The van der Waals surface area contributed by atoms with E-state index in [1.165, 1.54) is 6.07 Å². The van der Waals surface area contributed by atoms with Crippen molar-refractivity contribution in [3.8, 4) is 18.1 Å². The molecule has 2 aromatic rings. The predicted octanol–water partition coefficient (Wildman–Crippen LogP) is 4.69. The molecule has 1 atom stereocenters. The maximum Gasteiger partial charge on any atom is 0.415 e. The van der Waals surface area contributed by atoms with Crippen LogP contribution in [0, 0.1) is 18.2 Å². The minimum absolute atomic E-state index is 0.0367. The van der Waals surface area contributed by atoms with Gasteiger partial charge < -0.3 is 14.4 Å². The van der Waals surface area contributed by atoms with Crippen molar-refractivity contribution >= 4 is 16.9 Å². The van der Waals surface area contributed by atoms with Gasteiger partial charge in [0, 0.05) is 19.0 Å². The molecule has 0 N–H and O–H groups in total. The average Bonchev–Trinajstić information content (AvgIpc) is 3.10. The van der Waals surface area contributed by atoms with Gasteiger partial charge in [0.15, 0.2) is 0 Å². The van der Waals surface area contributed by atoms with E-state index in [0.717, 1.165) is 23.8 Å². The zero-order valence-electron chi connectivity index (χ0n) is 15.9. The lowest BCUT2D eigenvalue weighted by Crippen LogP contribution is -2.39. The summed E-state index contributed by atoms with van der Waals surface area (Å²) in [6.45, 7) is 5.15. The molecular weight excluding hydrogens is 345 g/mol. The summed E-state index contributed by atoms with van der Waals surface area (Å²) in [5.74, 6) is 2.56. The molecule has 0 bridgehead atoms. The van der Waals surface area contributed by atoms with Gasteiger partial charge in [-0.1, -0.05) is 25.8 Å². The van der Waals surface area contributed by atoms with Gasteiger partial charge in [-0.05, 0) is 47.9 Å². The number of benzene rings is 2. The van der Waals surface area contributed by atoms with Crippen LogP contribution in [0.5, 0.6) is 5.75 Å². The lowest BCUT2D eigenvalue weighted by Gasteiger charge is -2.23. The summed E-state index contributed by atoms with van der Waals surface area (Å²) < 4.78 is 25.0. The van der Waals surface area contributed by atoms with Crippen molar-refractivity contribution in [2.45, 2.75) is 38.6 Å². The standard InChI is InChI=1S/C22H24FNO3/c1-5-18-20(23)9-8-15-11-17(12-19(14(2)3)21(15)18)27-22(25)24-10-6-7-16(24)13-26-4/h1,8-9,11-12,14,16H,6-7,10,13H2,2-4H3/t16-/m0/s1. The van der Waals surface area contributed by atoms with Gasteiger partial charge in [0.2, 0.25) is 0 Å². The second-order valence-corrected chi connectivity index (χ2v) is 7.14. The first-order chi connectivity index (χ1) is 13.0. The fraction of sp³-hybridized carbons (Fsp3) is 0.409. The van der Waals surface area contributed by atoms with Gasteiger partial charge >= 0.3 is 6.09 Å². The fourth-order valence-electron chi connectivity index (χ4n) is 3.70. The topological polar surface area (TPSA) is 38.8 Å². The number of fused-ring (bicyclic) bond motifs is 1. The number of hydrogen-bond acceptors (Lipinski definition) is 3. The summed E-state index contributed by atoms with van der Waals surface area (Å²) in [5, 5.41) is 1.46. The molecular formula is C22H24FNO3. The quantitative estimate of drug-likeness (QED) is 0.734. The van der Waals surface area contributed by atoms with E-state index < -0.39 is 5.82 Å². The molecule has 1 aliphatic heterocycles. The van der Waals surface area contributed by atoms with Gasteiger partial charge in [-0.25, -0.2) is 9.18 Å². The highest BCUT2D eigenvalue weighted by Crippen LogP contribution is 2.34. The van der Waals surface area contributed by atoms with Gasteiger partial charge in [0.05, 0.1) is 18.2 Å². The molecule has 1 fully saturated rings. The second kappa shape index (κ2) is 7.98. The Morgan fingerprint density at radius 2 is 2.19 bits per heavy atom. The van der Waals surface area contributed by atoms with Crippen LogP contribution < -0.4 is 4.74 Å². The Morgan fingerprint density at radius 1 is 1.41 bits per heavy atom. The third kappa shape index (κ3) is 3.77. The second-order valence-electron chi connectivity index (χ2n) is 7.14. The first kappa shape index (κ1) is 19.2. The Labute approximate surface area is 159 Å². The lowest BCUT2D eigenvalue weighted by atomic mass is 9.92. The molecule has 1 heterocycles. The van der Waals surface area contributed by atoms with Crippen molar-refractivity contribution in [1.82, 2.24) is 4.90 Å². The average molecular weight is 369 g/mol. The highest BCUT2D eigenvalue weighted by atomic mass is 19.1. The van der Waals surface area contributed by atoms with Crippen LogP contribution in [0.2, 0.25) is 0 Å². The molecule has 27 heavy (non-hydrogen) atoms. The Morgan fingerprint density at radius 3 is 2.85 bits per heavy atom. The number of ether oxygens (including phenoxy) is 2. The van der Waals surface area contributed by atoms with E-state index >= 15 is 0 Å². The summed E-state index contributed by atoms with van der Waals surface area (Å²) in [4.78, 5) is 14.4. The monoisotopic (exact) mass is 369 g/mol. The zero-order chi connectivity index (χ0) is 19.6. The maximum absolute atomic E-state index is 14.1. The number of hydrogen-bond donors (Lipinski definition) is 0. The number of halogens is 1. The smallest absolute Gasteiger partial charge is 0.410 e. The summed E-state index contributed by atoms with van der Waals surface area (Å²) in [6.07, 6.45) is 6.99. The van der Waals surface area contributed by atoms with Gasteiger partial charge in [-0.3, -0.25) is 0 Å². The van der Waals surface area contributed by atoms with Gasteiger partial charge in [-0.2, -0.15) is 0 Å². The SMILES string of the molecule is C#Cc1c(F)ccc2cc(OC(=O)N3CCC[C@H]3COC)cc(C(C)C)c12. The Kier molecular flexibility index (Phi) is 5.67. The molecule has 0 saturated carbocycles. The van der Waals surface area contributed by atoms with E-state index in [4.69, 9.17) is 15.9 Å². The Balaban J connectivity index is 1.97.